The Labute approximate surface area is 171 Å². The molecule has 0 amide bonds. The largest absolute Gasteiger partial charge is 0.497 e. The Morgan fingerprint density at radius 2 is 1.66 bits per heavy atom. The van der Waals surface area contributed by atoms with Gasteiger partial charge in [-0.3, -0.25) is 0 Å². The second-order valence-corrected chi connectivity index (χ2v) is 7.13. The molecule has 0 N–H and O–H groups in total. The number of nitrogens with zero attached hydrogens (tertiary/aromatic N) is 2. The lowest BCUT2D eigenvalue weighted by Gasteiger charge is -2.12. The minimum Gasteiger partial charge on any atom is -0.497 e. The quantitative estimate of drug-likeness (QED) is 0.355. The van der Waals surface area contributed by atoms with Gasteiger partial charge in [0.15, 0.2) is 0 Å². The lowest BCUT2D eigenvalue weighted by Crippen LogP contribution is -2.04. The highest BCUT2D eigenvalue weighted by Gasteiger charge is 2.13. The van der Waals surface area contributed by atoms with Gasteiger partial charge in [0.25, 0.3) is 0 Å². The molecule has 1 aromatic heterocycles. The summed E-state index contributed by atoms with van der Waals surface area (Å²) in [5.74, 6) is 2.70. The van der Waals surface area contributed by atoms with Gasteiger partial charge in [-0.1, -0.05) is 42.5 Å². The number of para-hydroxylation sites is 2. The number of imidazole rings is 1. The van der Waals surface area contributed by atoms with Crippen molar-refractivity contribution >= 4 is 11.0 Å². The Morgan fingerprint density at radius 3 is 2.52 bits per heavy atom. The molecule has 0 fully saturated rings. The van der Waals surface area contributed by atoms with E-state index in [2.05, 4.69) is 54.0 Å². The number of ether oxygens (including phenoxy) is 2. The van der Waals surface area contributed by atoms with Crippen LogP contribution in [0.1, 0.15) is 18.4 Å². The molecular formula is C25H26N2O2. The fourth-order valence-corrected chi connectivity index (χ4v) is 3.58. The summed E-state index contributed by atoms with van der Waals surface area (Å²) >= 11 is 0. The predicted octanol–water partition coefficient (Wildman–Crippen LogP) is 5.88. The van der Waals surface area contributed by atoms with Gasteiger partial charge in [-0.2, -0.15) is 0 Å². The van der Waals surface area contributed by atoms with Crippen LogP contribution in [0, 0.1) is 6.92 Å². The number of hydrogen-bond donors (Lipinski definition) is 0. The van der Waals surface area contributed by atoms with Crippen LogP contribution in [0.2, 0.25) is 0 Å². The van der Waals surface area contributed by atoms with Crippen LogP contribution in [-0.2, 0) is 6.54 Å². The lowest BCUT2D eigenvalue weighted by molar-refractivity contribution is 0.301. The molecule has 148 valence electrons. The van der Waals surface area contributed by atoms with Crippen molar-refractivity contribution in [3.63, 3.8) is 0 Å². The minimum atomic E-state index is 0.680. The zero-order valence-electron chi connectivity index (χ0n) is 17.0. The number of fused-ring (bicyclic) bond motifs is 1. The first-order valence-corrected chi connectivity index (χ1v) is 10.0. The molecule has 4 nitrogen and oxygen atoms in total. The van der Waals surface area contributed by atoms with Crippen LogP contribution in [-0.4, -0.2) is 23.3 Å². The molecule has 0 spiro atoms. The van der Waals surface area contributed by atoms with Gasteiger partial charge in [-0.05, 0) is 49.6 Å². The van der Waals surface area contributed by atoms with Gasteiger partial charge >= 0.3 is 0 Å². The first-order valence-electron chi connectivity index (χ1n) is 10.0. The van der Waals surface area contributed by atoms with E-state index >= 15 is 0 Å². The summed E-state index contributed by atoms with van der Waals surface area (Å²) in [4.78, 5) is 4.93. The molecule has 4 rings (SSSR count). The number of rotatable bonds is 8. The molecular weight excluding hydrogens is 360 g/mol. The molecule has 0 aliphatic rings. The average Bonchev–Trinajstić information content (AvgIpc) is 3.12. The van der Waals surface area contributed by atoms with E-state index in [-0.39, 0.29) is 0 Å². The van der Waals surface area contributed by atoms with Crippen molar-refractivity contribution in [2.24, 2.45) is 0 Å². The van der Waals surface area contributed by atoms with E-state index in [1.807, 2.05) is 30.3 Å². The Hall–Kier alpha value is -3.27. The average molecular weight is 386 g/mol. The van der Waals surface area contributed by atoms with Gasteiger partial charge in [-0.15, -0.1) is 0 Å². The Kier molecular flexibility index (Phi) is 5.80. The van der Waals surface area contributed by atoms with Crippen LogP contribution >= 0.6 is 0 Å². The molecule has 0 saturated carbocycles. The first-order chi connectivity index (χ1) is 14.3. The molecule has 4 heteroatoms. The molecule has 4 aromatic rings. The fraction of sp³-hybridized carbons (Fsp3) is 0.240. The summed E-state index contributed by atoms with van der Waals surface area (Å²) < 4.78 is 13.5. The molecule has 0 saturated heterocycles. The smallest absolute Gasteiger partial charge is 0.141 e. The van der Waals surface area contributed by atoms with Crippen molar-refractivity contribution in [1.29, 1.82) is 0 Å². The van der Waals surface area contributed by atoms with E-state index in [9.17, 15) is 0 Å². The highest BCUT2D eigenvalue weighted by atomic mass is 16.5. The monoisotopic (exact) mass is 386 g/mol. The van der Waals surface area contributed by atoms with Crippen LogP contribution in [0.15, 0.2) is 72.8 Å². The van der Waals surface area contributed by atoms with E-state index in [1.54, 1.807) is 7.11 Å². The number of aryl methyl sites for hydroxylation is 2. The van der Waals surface area contributed by atoms with Crippen molar-refractivity contribution in [2.45, 2.75) is 26.3 Å². The van der Waals surface area contributed by atoms with Crippen LogP contribution in [0.25, 0.3) is 22.4 Å². The number of methoxy groups -OCH3 is 1. The molecule has 1 heterocycles. The van der Waals surface area contributed by atoms with E-state index in [4.69, 9.17) is 14.5 Å². The van der Waals surface area contributed by atoms with Crippen LogP contribution in [0.3, 0.4) is 0 Å². The van der Waals surface area contributed by atoms with Gasteiger partial charge in [-0.25, -0.2) is 4.98 Å². The Balaban J connectivity index is 1.46. The molecule has 29 heavy (non-hydrogen) atoms. The number of benzene rings is 3. The Morgan fingerprint density at radius 1 is 0.862 bits per heavy atom. The van der Waals surface area contributed by atoms with E-state index < -0.39 is 0 Å². The van der Waals surface area contributed by atoms with Gasteiger partial charge < -0.3 is 14.0 Å². The number of hydrogen-bond acceptors (Lipinski definition) is 3. The summed E-state index contributed by atoms with van der Waals surface area (Å²) in [6.07, 6.45) is 1.99. The number of unbranched alkanes of at least 4 members (excludes halogenated alkanes) is 1. The van der Waals surface area contributed by atoms with Crippen LogP contribution in [0.4, 0.5) is 0 Å². The van der Waals surface area contributed by atoms with Crippen molar-refractivity contribution in [3.8, 4) is 22.9 Å². The zero-order chi connectivity index (χ0) is 20.1. The standard InChI is InChI=1S/C25H26N2O2/c1-19-10-3-4-13-22(19)25-26-23-14-5-6-15-24(23)27(25)16-7-8-17-29-21-12-9-11-20(18-21)28-2/h3-6,9-15,18H,7-8,16-17H2,1-2H3. The van der Waals surface area contributed by atoms with Crippen molar-refractivity contribution in [3.05, 3.63) is 78.4 Å². The highest BCUT2D eigenvalue weighted by Crippen LogP contribution is 2.27. The van der Waals surface area contributed by atoms with Gasteiger partial charge in [0.1, 0.15) is 17.3 Å². The highest BCUT2D eigenvalue weighted by molar-refractivity contribution is 5.81. The van der Waals surface area contributed by atoms with Gasteiger partial charge in [0, 0.05) is 18.2 Å². The number of aromatic nitrogens is 2. The van der Waals surface area contributed by atoms with Crippen LogP contribution < -0.4 is 9.47 Å². The van der Waals surface area contributed by atoms with Crippen molar-refractivity contribution in [2.75, 3.05) is 13.7 Å². The molecule has 0 aliphatic heterocycles. The summed E-state index contributed by atoms with van der Waals surface area (Å²) in [5, 5.41) is 0. The molecule has 0 radical (unpaired) electrons. The van der Waals surface area contributed by atoms with Crippen molar-refractivity contribution < 1.29 is 9.47 Å². The molecule has 0 bridgehead atoms. The van der Waals surface area contributed by atoms with E-state index in [0.717, 1.165) is 42.2 Å². The summed E-state index contributed by atoms with van der Waals surface area (Å²) in [5.41, 5.74) is 4.65. The third kappa shape index (κ3) is 4.27. The summed E-state index contributed by atoms with van der Waals surface area (Å²) in [6.45, 7) is 3.73. The molecule has 0 unspecified atom stereocenters. The maximum atomic E-state index is 5.88. The third-order valence-electron chi connectivity index (χ3n) is 5.13. The Bertz CT molecular complexity index is 1100. The van der Waals surface area contributed by atoms with Gasteiger partial charge in [0.2, 0.25) is 0 Å². The second kappa shape index (κ2) is 8.82. The third-order valence-corrected chi connectivity index (χ3v) is 5.13. The van der Waals surface area contributed by atoms with Gasteiger partial charge in [0.05, 0.1) is 24.8 Å². The topological polar surface area (TPSA) is 36.3 Å². The predicted molar refractivity (Wildman–Crippen MR) is 118 cm³/mol. The second-order valence-electron chi connectivity index (χ2n) is 7.13. The van der Waals surface area contributed by atoms with Crippen molar-refractivity contribution in [1.82, 2.24) is 9.55 Å². The van der Waals surface area contributed by atoms with Crippen LogP contribution in [0.5, 0.6) is 11.5 Å². The van der Waals surface area contributed by atoms with E-state index in [1.165, 1.54) is 16.6 Å². The SMILES string of the molecule is COc1cccc(OCCCCn2c(-c3ccccc3C)nc3ccccc32)c1. The normalized spacial score (nSPS) is 11.0. The minimum absolute atomic E-state index is 0.680. The lowest BCUT2D eigenvalue weighted by atomic mass is 10.1. The zero-order valence-corrected chi connectivity index (χ0v) is 17.0. The summed E-state index contributed by atoms with van der Waals surface area (Å²) in [6, 6.07) is 24.5. The maximum Gasteiger partial charge on any atom is 0.141 e. The van der Waals surface area contributed by atoms with E-state index in [0.29, 0.717) is 6.61 Å². The molecule has 0 aliphatic carbocycles. The summed E-state index contributed by atoms with van der Waals surface area (Å²) in [7, 11) is 1.67. The molecule has 0 atom stereocenters. The molecule has 3 aromatic carbocycles. The maximum absolute atomic E-state index is 5.88. The first kappa shape index (κ1) is 19.1. The fourth-order valence-electron chi connectivity index (χ4n) is 3.58.